The Labute approximate surface area is 214 Å². The summed E-state index contributed by atoms with van der Waals surface area (Å²) in [7, 11) is 0. The van der Waals surface area contributed by atoms with Crippen LogP contribution < -0.4 is 9.64 Å². The number of benzene rings is 2. The van der Waals surface area contributed by atoms with Crippen LogP contribution in [0.5, 0.6) is 5.75 Å². The van der Waals surface area contributed by atoms with E-state index in [1.54, 1.807) is 6.07 Å². The quantitative estimate of drug-likeness (QED) is 0.486. The molecule has 1 aliphatic carbocycles. The molecule has 0 aromatic heterocycles. The highest BCUT2D eigenvalue weighted by molar-refractivity contribution is 6.21. The van der Waals surface area contributed by atoms with E-state index in [9.17, 15) is 9.18 Å². The SMILES string of the molecule is CC(C)Oc1cccc(CN2CCC3(CC2)C(=NC2CCCCC2)CC(=O)N3c2cccc(F)c2)c1. The molecule has 0 radical (unpaired) electrons. The summed E-state index contributed by atoms with van der Waals surface area (Å²) in [5, 5.41) is 0. The predicted molar refractivity (Wildman–Crippen MR) is 142 cm³/mol. The van der Waals surface area contributed by atoms with Crippen LogP contribution in [0.2, 0.25) is 0 Å². The Morgan fingerprint density at radius 3 is 2.53 bits per heavy atom. The standard InChI is InChI=1S/C30H38FN3O2/c1-22(2)36-27-13-6-8-23(18-27)21-33-16-14-30(15-17-33)28(32-25-10-4-3-5-11-25)20-29(35)34(30)26-12-7-9-24(31)19-26/h6-9,12-13,18-19,22,25H,3-5,10-11,14-17,20-21H2,1-2H3. The van der Waals surface area contributed by atoms with E-state index < -0.39 is 5.54 Å². The third-order valence-corrected chi connectivity index (χ3v) is 7.87. The van der Waals surface area contributed by atoms with E-state index in [1.165, 1.54) is 37.0 Å². The molecule has 6 heteroatoms. The minimum atomic E-state index is -0.457. The van der Waals surface area contributed by atoms with Crippen LogP contribution in [0.1, 0.15) is 70.8 Å². The maximum atomic E-state index is 14.2. The summed E-state index contributed by atoms with van der Waals surface area (Å²) in [6.07, 6.45) is 8.02. The van der Waals surface area contributed by atoms with Gasteiger partial charge in [0, 0.05) is 37.1 Å². The van der Waals surface area contributed by atoms with E-state index in [1.807, 2.05) is 30.9 Å². The molecule has 2 saturated heterocycles. The number of rotatable bonds is 6. The number of hydrogen-bond acceptors (Lipinski definition) is 4. The van der Waals surface area contributed by atoms with Gasteiger partial charge in [-0.2, -0.15) is 0 Å². The summed E-state index contributed by atoms with van der Waals surface area (Å²) in [5.74, 6) is 0.632. The molecule has 36 heavy (non-hydrogen) atoms. The predicted octanol–water partition coefficient (Wildman–Crippen LogP) is 6.16. The first-order chi connectivity index (χ1) is 17.4. The number of carbonyl (C=O) groups is 1. The number of amides is 1. The zero-order valence-corrected chi connectivity index (χ0v) is 21.6. The lowest BCUT2D eigenvalue weighted by molar-refractivity contribution is -0.117. The molecule has 192 valence electrons. The van der Waals surface area contributed by atoms with Crippen molar-refractivity contribution >= 4 is 17.3 Å². The zero-order chi connectivity index (χ0) is 25.1. The molecular weight excluding hydrogens is 453 g/mol. The molecule has 2 aromatic carbocycles. The maximum absolute atomic E-state index is 14.2. The Hall–Kier alpha value is -2.73. The summed E-state index contributed by atoms with van der Waals surface area (Å²) in [6.45, 7) is 6.64. The lowest BCUT2D eigenvalue weighted by Crippen LogP contribution is -2.56. The van der Waals surface area contributed by atoms with Crippen molar-refractivity contribution in [1.82, 2.24) is 4.90 Å². The van der Waals surface area contributed by atoms with Crippen molar-refractivity contribution in [1.29, 1.82) is 0 Å². The largest absolute Gasteiger partial charge is 0.491 e. The van der Waals surface area contributed by atoms with E-state index in [2.05, 4.69) is 23.1 Å². The molecular formula is C30H38FN3O2. The topological polar surface area (TPSA) is 45.1 Å². The van der Waals surface area contributed by atoms with Gasteiger partial charge in [0.1, 0.15) is 11.6 Å². The molecule has 3 aliphatic rings. The second-order valence-corrected chi connectivity index (χ2v) is 10.9. The fourth-order valence-corrected chi connectivity index (χ4v) is 6.20. The van der Waals surface area contributed by atoms with Gasteiger partial charge >= 0.3 is 0 Å². The average Bonchev–Trinajstić information content (AvgIpc) is 3.11. The van der Waals surface area contributed by atoms with Gasteiger partial charge in [-0.05, 0) is 75.4 Å². The second kappa shape index (κ2) is 10.7. The number of ether oxygens (including phenoxy) is 1. The normalized spacial score (nSPS) is 22.2. The number of likely N-dealkylation sites (tertiary alicyclic amines) is 1. The van der Waals surface area contributed by atoms with E-state index in [0.717, 1.165) is 56.8 Å². The zero-order valence-electron chi connectivity index (χ0n) is 21.6. The first-order valence-corrected chi connectivity index (χ1v) is 13.6. The van der Waals surface area contributed by atoms with Crippen LogP contribution in [0.3, 0.4) is 0 Å². The molecule has 2 aliphatic heterocycles. The third-order valence-electron chi connectivity index (χ3n) is 7.87. The number of anilines is 1. The van der Waals surface area contributed by atoms with E-state index >= 15 is 0 Å². The van der Waals surface area contributed by atoms with Crippen molar-refractivity contribution in [2.24, 2.45) is 4.99 Å². The van der Waals surface area contributed by atoms with Crippen LogP contribution in [0.15, 0.2) is 53.5 Å². The fourth-order valence-electron chi connectivity index (χ4n) is 6.20. The van der Waals surface area contributed by atoms with Crippen LogP contribution in [0.4, 0.5) is 10.1 Å². The van der Waals surface area contributed by atoms with Gasteiger partial charge in [-0.15, -0.1) is 0 Å². The highest BCUT2D eigenvalue weighted by Gasteiger charge is 2.52. The van der Waals surface area contributed by atoms with Gasteiger partial charge in [-0.3, -0.25) is 14.7 Å². The molecule has 0 unspecified atom stereocenters. The first kappa shape index (κ1) is 24.9. The third kappa shape index (κ3) is 5.34. The van der Waals surface area contributed by atoms with Crippen LogP contribution in [0, 0.1) is 5.82 Å². The molecule has 5 rings (SSSR count). The fraction of sp³-hybridized carbons (Fsp3) is 0.533. The summed E-state index contributed by atoms with van der Waals surface area (Å²) >= 11 is 0. The van der Waals surface area contributed by atoms with Crippen molar-refractivity contribution < 1.29 is 13.9 Å². The number of hydrogen-bond donors (Lipinski definition) is 0. The smallest absolute Gasteiger partial charge is 0.233 e. The lowest BCUT2D eigenvalue weighted by atomic mass is 9.82. The molecule has 3 fully saturated rings. The molecule has 2 heterocycles. The van der Waals surface area contributed by atoms with Gasteiger partial charge in [0.15, 0.2) is 0 Å². The Kier molecular flexibility index (Phi) is 7.42. The van der Waals surface area contributed by atoms with Gasteiger partial charge < -0.3 is 9.64 Å². The minimum Gasteiger partial charge on any atom is -0.491 e. The van der Waals surface area contributed by atoms with Crippen molar-refractivity contribution in [3.8, 4) is 5.75 Å². The number of nitrogens with zero attached hydrogens (tertiary/aromatic N) is 3. The summed E-state index contributed by atoms with van der Waals surface area (Å²) in [6, 6.07) is 15.1. The van der Waals surface area contributed by atoms with Crippen molar-refractivity contribution in [2.75, 3.05) is 18.0 Å². The van der Waals surface area contributed by atoms with Crippen LogP contribution in [-0.4, -0.2) is 47.3 Å². The van der Waals surface area contributed by atoms with Crippen molar-refractivity contribution in [3.05, 3.63) is 59.9 Å². The monoisotopic (exact) mass is 491 g/mol. The number of piperidine rings is 1. The highest BCUT2D eigenvalue weighted by Crippen LogP contribution is 2.42. The lowest BCUT2D eigenvalue weighted by Gasteiger charge is -2.45. The van der Waals surface area contributed by atoms with Gasteiger partial charge in [0.05, 0.1) is 18.1 Å². The Morgan fingerprint density at radius 1 is 1.06 bits per heavy atom. The highest BCUT2D eigenvalue weighted by atomic mass is 19.1. The first-order valence-electron chi connectivity index (χ1n) is 13.6. The van der Waals surface area contributed by atoms with Crippen molar-refractivity contribution in [3.63, 3.8) is 0 Å². The summed E-state index contributed by atoms with van der Waals surface area (Å²) in [4.78, 5) is 23.0. The second-order valence-electron chi connectivity index (χ2n) is 10.9. The molecule has 5 nitrogen and oxygen atoms in total. The maximum Gasteiger partial charge on any atom is 0.233 e. The van der Waals surface area contributed by atoms with Gasteiger partial charge in [-0.1, -0.05) is 37.5 Å². The Balaban J connectivity index is 1.38. The number of aliphatic imine (C=N–C) groups is 1. The molecule has 0 atom stereocenters. The Morgan fingerprint density at radius 2 is 1.81 bits per heavy atom. The average molecular weight is 492 g/mol. The van der Waals surface area contributed by atoms with Gasteiger partial charge in [-0.25, -0.2) is 4.39 Å². The molecule has 0 N–H and O–H groups in total. The minimum absolute atomic E-state index is 0.0437. The van der Waals surface area contributed by atoms with E-state index in [4.69, 9.17) is 9.73 Å². The summed E-state index contributed by atoms with van der Waals surface area (Å²) < 4.78 is 20.1. The van der Waals surface area contributed by atoms with Gasteiger partial charge in [0.25, 0.3) is 0 Å². The summed E-state index contributed by atoms with van der Waals surface area (Å²) in [5.41, 5.74) is 2.45. The molecule has 1 amide bonds. The van der Waals surface area contributed by atoms with Gasteiger partial charge in [0.2, 0.25) is 5.91 Å². The molecule has 1 saturated carbocycles. The molecule has 0 bridgehead atoms. The van der Waals surface area contributed by atoms with Crippen LogP contribution in [0.25, 0.3) is 0 Å². The van der Waals surface area contributed by atoms with E-state index in [-0.39, 0.29) is 17.8 Å². The number of carbonyl (C=O) groups excluding carboxylic acids is 1. The Bertz CT molecular complexity index is 1100. The molecule has 2 aromatic rings. The van der Waals surface area contributed by atoms with Crippen LogP contribution >= 0.6 is 0 Å². The van der Waals surface area contributed by atoms with Crippen molar-refractivity contribution in [2.45, 2.75) is 89.4 Å². The molecule has 1 spiro atoms. The van der Waals surface area contributed by atoms with E-state index in [0.29, 0.717) is 18.2 Å². The van der Waals surface area contributed by atoms with Crippen LogP contribution in [-0.2, 0) is 11.3 Å². The number of halogens is 1.